The third-order valence-electron chi connectivity index (χ3n) is 3.21. The van der Waals surface area contributed by atoms with Crippen molar-refractivity contribution >= 4 is 0 Å². The average Bonchev–Trinajstić information content (AvgIpc) is 2.51. The Morgan fingerprint density at radius 2 is 1.38 bits per heavy atom. The molecule has 2 rings (SSSR count). The fraction of sp³-hybridized carbons (Fsp3) is 0.250. The maximum Gasteiger partial charge on any atom is 0.419 e. The highest BCUT2D eigenvalue weighted by Crippen LogP contribution is 2.39. The highest BCUT2D eigenvalue weighted by atomic mass is 19.4. The molecule has 8 heteroatoms. The fourth-order valence-electron chi connectivity index (χ4n) is 2.08. The van der Waals surface area contributed by atoms with E-state index in [2.05, 4.69) is 0 Å². The quantitative estimate of drug-likeness (QED) is 0.810. The van der Waals surface area contributed by atoms with E-state index in [4.69, 9.17) is 10.5 Å². The van der Waals surface area contributed by atoms with Gasteiger partial charge >= 0.3 is 12.4 Å². The highest BCUT2D eigenvalue weighted by Gasteiger charge is 2.35. The number of nitrogens with two attached hydrogens (primary N) is 1. The van der Waals surface area contributed by atoms with E-state index in [-0.39, 0.29) is 30.0 Å². The van der Waals surface area contributed by atoms with Crippen LogP contribution < -0.4 is 10.5 Å². The van der Waals surface area contributed by atoms with Crippen LogP contribution in [0.1, 0.15) is 11.1 Å². The standard InChI is InChI=1S/C16H13F6NO/c17-15(18,19)12-4-1-10(2-5-12)11-3-6-14(24-8-7-23)13(9-11)16(20,21)22/h1-6,9H,7-8,23H2. The lowest BCUT2D eigenvalue weighted by molar-refractivity contribution is -0.139. The largest absolute Gasteiger partial charge is 0.492 e. The van der Waals surface area contributed by atoms with E-state index in [0.717, 1.165) is 36.4 Å². The van der Waals surface area contributed by atoms with Crippen LogP contribution in [0.2, 0.25) is 0 Å². The molecule has 2 aromatic carbocycles. The number of benzene rings is 2. The number of rotatable bonds is 4. The molecule has 0 radical (unpaired) electrons. The van der Waals surface area contributed by atoms with Gasteiger partial charge in [-0.05, 0) is 35.4 Å². The van der Waals surface area contributed by atoms with Crippen LogP contribution in [0.3, 0.4) is 0 Å². The van der Waals surface area contributed by atoms with Crippen LogP contribution in [0, 0.1) is 0 Å². The van der Waals surface area contributed by atoms with Crippen molar-refractivity contribution in [3.05, 3.63) is 53.6 Å². The van der Waals surface area contributed by atoms with Gasteiger partial charge in [0.05, 0.1) is 11.1 Å². The van der Waals surface area contributed by atoms with Gasteiger partial charge in [0.1, 0.15) is 12.4 Å². The third kappa shape index (κ3) is 4.19. The lowest BCUT2D eigenvalue weighted by atomic mass is 10.0. The molecule has 0 heterocycles. The predicted molar refractivity (Wildman–Crippen MR) is 76.4 cm³/mol. The van der Waals surface area contributed by atoms with Crippen LogP contribution >= 0.6 is 0 Å². The van der Waals surface area contributed by atoms with E-state index in [9.17, 15) is 26.3 Å². The van der Waals surface area contributed by atoms with Gasteiger partial charge in [0, 0.05) is 6.54 Å². The second-order valence-corrected chi connectivity index (χ2v) is 4.92. The molecule has 0 aromatic heterocycles. The Morgan fingerprint density at radius 3 is 1.88 bits per heavy atom. The van der Waals surface area contributed by atoms with Gasteiger partial charge in [-0.3, -0.25) is 0 Å². The van der Waals surface area contributed by atoms with Gasteiger partial charge in [-0.25, -0.2) is 0 Å². The smallest absolute Gasteiger partial charge is 0.419 e. The van der Waals surface area contributed by atoms with Crippen molar-refractivity contribution < 1.29 is 31.1 Å². The first-order chi connectivity index (χ1) is 11.1. The molecule has 0 unspecified atom stereocenters. The minimum absolute atomic E-state index is 0.0535. The minimum Gasteiger partial charge on any atom is -0.492 e. The summed E-state index contributed by atoms with van der Waals surface area (Å²) < 4.78 is 82.0. The van der Waals surface area contributed by atoms with Crippen LogP contribution in [-0.2, 0) is 12.4 Å². The van der Waals surface area contributed by atoms with Gasteiger partial charge < -0.3 is 10.5 Å². The van der Waals surface area contributed by atoms with Crippen LogP contribution in [0.4, 0.5) is 26.3 Å². The maximum absolute atomic E-state index is 13.1. The first-order valence-electron chi connectivity index (χ1n) is 6.84. The normalized spacial score (nSPS) is 12.3. The van der Waals surface area contributed by atoms with Crippen molar-refractivity contribution in [1.82, 2.24) is 0 Å². The Morgan fingerprint density at radius 1 is 0.792 bits per heavy atom. The first-order valence-corrected chi connectivity index (χ1v) is 6.84. The Hall–Kier alpha value is -2.22. The van der Waals surface area contributed by atoms with Crippen LogP contribution in [0.5, 0.6) is 5.75 Å². The predicted octanol–water partition coefficient (Wildman–Crippen LogP) is 4.73. The minimum atomic E-state index is -4.66. The zero-order chi connectivity index (χ0) is 18.0. The highest BCUT2D eigenvalue weighted by molar-refractivity contribution is 5.66. The van der Waals surface area contributed by atoms with E-state index in [1.165, 1.54) is 6.07 Å². The van der Waals surface area contributed by atoms with Gasteiger partial charge in [-0.15, -0.1) is 0 Å². The first kappa shape index (κ1) is 18.1. The van der Waals surface area contributed by atoms with Crippen molar-refractivity contribution in [2.45, 2.75) is 12.4 Å². The van der Waals surface area contributed by atoms with Crippen LogP contribution in [0.15, 0.2) is 42.5 Å². The molecule has 2 N–H and O–H groups in total. The molecule has 130 valence electrons. The number of alkyl halides is 6. The van der Waals surface area contributed by atoms with Crippen molar-refractivity contribution in [1.29, 1.82) is 0 Å². The topological polar surface area (TPSA) is 35.2 Å². The number of hydrogen-bond donors (Lipinski definition) is 1. The summed E-state index contributed by atoms with van der Waals surface area (Å²) in [5.74, 6) is -0.372. The summed E-state index contributed by atoms with van der Waals surface area (Å²) >= 11 is 0. The van der Waals surface area contributed by atoms with Crippen LogP contribution in [-0.4, -0.2) is 13.2 Å². The summed E-state index contributed by atoms with van der Waals surface area (Å²) in [6, 6.07) is 7.21. The molecule has 0 spiro atoms. The second-order valence-electron chi connectivity index (χ2n) is 4.92. The lowest BCUT2D eigenvalue weighted by Gasteiger charge is -2.15. The van der Waals surface area contributed by atoms with Gasteiger partial charge in [-0.1, -0.05) is 18.2 Å². The fourth-order valence-corrected chi connectivity index (χ4v) is 2.08. The van der Waals surface area contributed by atoms with E-state index >= 15 is 0 Å². The molecule has 0 bridgehead atoms. The van der Waals surface area contributed by atoms with E-state index in [1.54, 1.807) is 0 Å². The van der Waals surface area contributed by atoms with Crippen molar-refractivity contribution in [3.8, 4) is 16.9 Å². The van der Waals surface area contributed by atoms with Gasteiger partial charge in [0.15, 0.2) is 0 Å². The average molecular weight is 349 g/mol. The third-order valence-corrected chi connectivity index (χ3v) is 3.21. The van der Waals surface area contributed by atoms with Gasteiger partial charge in [-0.2, -0.15) is 26.3 Å². The van der Waals surface area contributed by atoms with Crippen LogP contribution in [0.25, 0.3) is 11.1 Å². The summed E-state index contributed by atoms with van der Waals surface area (Å²) in [6.45, 7) is -0.0271. The summed E-state index contributed by atoms with van der Waals surface area (Å²) in [4.78, 5) is 0. The Labute approximate surface area is 133 Å². The summed E-state index contributed by atoms with van der Waals surface area (Å²) in [5, 5.41) is 0. The molecule has 0 saturated heterocycles. The SMILES string of the molecule is NCCOc1ccc(-c2ccc(C(F)(F)F)cc2)cc1C(F)(F)F. The summed E-state index contributed by atoms with van der Waals surface area (Å²) in [6.07, 6.45) is -9.17. The van der Waals surface area contributed by atoms with Crippen molar-refractivity contribution in [2.24, 2.45) is 5.73 Å². The van der Waals surface area contributed by atoms with E-state index < -0.39 is 23.5 Å². The summed E-state index contributed by atoms with van der Waals surface area (Å²) in [7, 11) is 0. The lowest BCUT2D eigenvalue weighted by Crippen LogP contribution is -2.14. The maximum atomic E-state index is 13.1. The second kappa shape index (κ2) is 6.72. The molecular formula is C16H13F6NO. The monoisotopic (exact) mass is 349 g/mol. The molecule has 0 aliphatic rings. The number of halogens is 6. The Balaban J connectivity index is 2.41. The molecule has 2 aromatic rings. The zero-order valence-electron chi connectivity index (χ0n) is 12.2. The molecular weight excluding hydrogens is 336 g/mol. The van der Waals surface area contributed by atoms with E-state index in [1.807, 2.05) is 0 Å². The molecule has 0 aliphatic carbocycles. The zero-order valence-corrected chi connectivity index (χ0v) is 12.2. The molecule has 24 heavy (non-hydrogen) atoms. The van der Waals surface area contributed by atoms with Crippen molar-refractivity contribution in [2.75, 3.05) is 13.2 Å². The molecule has 0 fully saturated rings. The molecule has 2 nitrogen and oxygen atoms in total. The Kier molecular flexibility index (Phi) is 5.08. The van der Waals surface area contributed by atoms with Gasteiger partial charge in [0.25, 0.3) is 0 Å². The number of ether oxygens (including phenoxy) is 1. The van der Waals surface area contributed by atoms with Crippen molar-refractivity contribution in [3.63, 3.8) is 0 Å². The van der Waals surface area contributed by atoms with Gasteiger partial charge in [0.2, 0.25) is 0 Å². The Bertz CT molecular complexity index is 691. The molecule has 0 amide bonds. The molecule has 0 aliphatic heterocycles. The molecule has 0 saturated carbocycles. The summed E-state index contributed by atoms with van der Waals surface area (Å²) in [5.41, 5.74) is 3.70. The van der Waals surface area contributed by atoms with E-state index in [0.29, 0.717) is 0 Å². The number of hydrogen-bond acceptors (Lipinski definition) is 2. The molecule has 0 atom stereocenters.